The Bertz CT molecular complexity index is 642. The summed E-state index contributed by atoms with van der Waals surface area (Å²) in [6.07, 6.45) is 0.591. The van der Waals surface area contributed by atoms with Crippen molar-refractivity contribution in [2.24, 2.45) is 5.73 Å². The topological polar surface area (TPSA) is 53.7 Å². The number of hydrogen-bond acceptors (Lipinski definition) is 4. The number of fused-ring (bicyclic) bond motifs is 1. The van der Waals surface area contributed by atoms with Gasteiger partial charge in [-0.3, -0.25) is 0 Å². The molecule has 0 unspecified atom stereocenters. The lowest BCUT2D eigenvalue weighted by atomic mass is 9.90. The highest BCUT2D eigenvalue weighted by molar-refractivity contribution is 5.53. The molecule has 0 bridgehead atoms. The van der Waals surface area contributed by atoms with Crippen LogP contribution in [0.5, 0.6) is 11.5 Å². The van der Waals surface area contributed by atoms with Gasteiger partial charge in [-0.1, -0.05) is 36.4 Å². The van der Waals surface area contributed by atoms with Crippen LogP contribution in [0.1, 0.15) is 28.9 Å². The summed E-state index contributed by atoms with van der Waals surface area (Å²) in [5.74, 6) is 1.52. The van der Waals surface area contributed by atoms with Crippen LogP contribution in [0.4, 0.5) is 0 Å². The van der Waals surface area contributed by atoms with Gasteiger partial charge in [0.15, 0.2) is 11.5 Å². The lowest BCUT2D eigenvalue weighted by molar-refractivity contribution is -0.0230. The second kappa shape index (κ2) is 6.38. The van der Waals surface area contributed by atoms with E-state index < -0.39 is 0 Å². The zero-order chi connectivity index (χ0) is 15.5. The van der Waals surface area contributed by atoms with E-state index in [2.05, 4.69) is 12.1 Å². The quantitative estimate of drug-likeness (QED) is 0.943. The molecule has 1 aliphatic rings. The molecule has 2 aromatic carbocycles. The standard InChI is InChI=1S/C18H21NO3/c1-20-15-9-8-13-14(18(15)21-2)10-16(22-17(13)11-19)12-6-4-3-5-7-12/h3-9,16-17H,10-11,19H2,1-2H3/t16-,17-/m0/s1. The maximum Gasteiger partial charge on any atom is 0.164 e. The van der Waals surface area contributed by atoms with Crippen molar-refractivity contribution in [2.75, 3.05) is 20.8 Å². The van der Waals surface area contributed by atoms with Crippen LogP contribution in [0.15, 0.2) is 42.5 Å². The van der Waals surface area contributed by atoms with E-state index >= 15 is 0 Å². The van der Waals surface area contributed by atoms with Crippen LogP contribution in [0.3, 0.4) is 0 Å². The van der Waals surface area contributed by atoms with Gasteiger partial charge in [0.2, 0.25) is 0 Å². The van der Waals surface area contributed by atoms with Gasteiger partial charge in [0.1, 0.15) is 0 Å². The lowest BCUT2D eigenvalue weighted by Crippen LogP contribution is -2.26. The summed E-state index contributed by atoms with van der Waals surface area (Å²) < 4.78 is 17.2. The molecule has 2 aromatic rings. The van der Waals surface area contributed by atoms with E-state index in [0.717, 1.165) is 34.6 Å². The smallest absolute Gasteiger partial charge is 0.164 e. The van der Waals surface area contributed by atoms with E-state index in [1.807, 2.05) is 30.3 Å². The normalized spacial score (nSPS) is 20.3. The largest absolute Gasteiger partial charge is 0.493 e. The van der Waals surface area contributed by atoms with Crippen molar-refractivity contribution in [1.82, 2.24) is 0 Å². The Morgan fingerprint density at radius 2 is 1.86 bits per heavy atom. The molecular weight excluding hydrogens is 278 g/mol. The molecule has 116 valence electrons. The molecule has 0 saturated heterocycles. The summed E-state index contributed by atoms with van der Waals surface area (Å²) >= 11 is 0. The minimum absolute atomic E-state index is 0.0248. The summed E-state index contributed by atoms with van der Waals surface area (Å²) in [5, 5.41) is 0. The Hall–Kier alpha value is -2.04. The molecule has 4 nitrogen and oxygen atoms in total. The SMILES string of the molecule is COc1ccc2c(c1OC)C[C@@H](c1ccccc1)O[C@H]2CN. The molecule has 1 aliphatic heterocycles. The summed E-state index contributed by atoms with van der Waals surface area (Å²) in [5.41, 5.74) is 9.29. The van der Waals surface area contributed by atoms with E-state index in [9.17, 15) is 0 Å². The maximum atomic E-state index is 6.20. The van der Waals surface area contributed by atoms with Crippen LogP contribution < -0.4 is 15.2 Å². The van der Waals surface area contributed by atoms with Gasteiger partial charge >= 0.3 is 0 Å². The van der Waals surface area contributed by atoms with Crippen molar-refractivity contribution in [3.8, 4) is 11.5 Å². The van der Waals surface area contributed by atoms with Crippen LogP contribution in [0.2, 0.25) is 0 Å². The molecular formula is C18H21NO3. The third kappa shape index (κ3) is 2.56. The summed E-state index contributed by atoms with van der Waals surface area (Å²) in [7, 11) is 3.32. The highest BCUT2D eigenvalue weighted by Gasteiger charge is 2.31. The van der Waals surface area contributed by atoms with Crippen LogP contribution in [-0.4, -0.2) is 20.8 Å². The average molecular weight is 299 g/mol. The molecule has 0 fully saturated rings. The van der Waals surface area contributed by atoms with Crippen molar-refractivity contribution in [2.45, 2.75) is 18.6 Å². The van der Waals surface area contributed by atoms with Gasteiger partial charge in [-0.05, 0) is 17.2 Å². The predicted octanol–water partition coefficient (Wildman–Crippen LogP) is 3.02. The van der Waals surface area contributed by atoms with Crippen molar-refractivity contribution in [1.29, 1.82) is 0 Å². The van der Waals surface area contributed by atoms with Crippen LogP contribution in [0.25, 0.3) is 0 Å². The Morgan fingerprint density at radius 3 is 2.50 bits per heavy atom. The van der Waals surface area contributed by atoms with Gasteiger partial charge in [-0.2, -0.15) is 0 Å². The second-order valence-electron chi connectivity index (χ2n) is 5.33. The van der Waals surface area contributed by atoms with Gasteiger partial charge < -0.3 is 19.9 Å². The predicted molar refractivity (Wildman–Crippen MR) is 85.3 cm³/mol. The first kappa shape index (κ1) is 14.9. The fraction of sp³-hybridized carbons (Fsp3) is 0.333. The molecule has 0 spiro atoms. The first-order chi connectivity index (χ1) is 10.8. The molecule has 3 rings (SSSR count). The summed E-state index contributed by atoms with van der Waals surface area (Å²) in [6, 6.07) is 14.1. The van der Waals surface area contributed by atoms with Crippen LogP contribution in [-0.2, 0) is 11.2 Å². The zero-order valence-corrected chi connectivity index (χ0v) is 12.9. The molecule has 0 saturated carbocycles. The van der Waals surface area contributed by atoms with Crippen LogP contribution >= 0.6 is 0 Å². The number of nitrogens with two attached hydrogens (primary N) is 1. The number of ether oxygens (including phenoxy) is 3. The van der Waals surface area contributed by atoms with E-state index in [-0.39, 0.29) is 12.2 Å². The van der Waals surface area contributed by atoms with Crippen molar-refractivity contribution in [3.05, 3.63) is 59.2 Å². The molecule has 2 N–H and O–H groups in total. The minimum Gasteiger partial charge on any atom is -0.493 e. The first-order valence-corrected chi connectivity index (χ1v) is 7.42. The third-order valence-electron chi connectivity index (χ3n) is 4.14. The van der Waals surface area contributed by atoms with Crippen molar-refractivity contribution < 1.29 is 14.2 Å². The van der Waals surface area contributed by atoms with Crippen molar-refractivity contribution >= 4 is 0 Å². The molecule has 4 heteroatoms. The molecule has 0 aliphatic carbocycles. The maximum absolute atomic E-state index is 6.20. The fourth-order valence-electron chi connectivity index (χ4n) is 3.07. The van der Waals surface area contributed by atoms with Gasteiger partial charge in [0, 0.05) is 18.5 Å². The average Bonchev–Trinajstić information content (AvgIpc) is 2.60. The van der Waals surface area contributed by atoms with Gasteiger partial charge in [0.25, 0.3) is 0 Å². The number of rotatable bonds is 4. The molecule has 0 aromatic heterocycles. The molecule has 2 atom stereocenters. The molecule has 0 radical (unpaired) electrons. The second-order valence-corrected chi connectivity index (χ2v) is 5.33. The third-order valence-corrected chi connectivity index (χ3v) is 4.14. The van der Waals surface area contributed by atoms with E-state index in [1.165, 1.54) is 0 Å². The number of methoxy groups -OCH3 is 2. The van der Waals surface area contributed by atoms with Gasteiger partial charge in [-0.15, -0.1) is 0 Å². The Morgan fingerprint density at radius 1 is 1.09 bits per heavy atom. The molecule has 1 heterocycles. The summed E-state index contributed by atoms with van der Waals surface area (Å²) in [6.45, 7) is 0.436. The van der Waals surface area contributed by atoms with E-state index in [0.29, 0.717) is 6.54 Å². The molecule has 0 amide bonds. The minimum atomic E-state index is -0.131. The first-order valence-electron chi connectivity index (χ1n) is 7.42. The van der Waals surface area contributed by atoms with Gasteiger partial charge in [0.05, 0.1) is 26.4 Å². The highest BCUT2D eigenvalue weighted by atomic mass is 16.5. The fourth-order valence-corrected chi connectivity index (χ4v) is 3.07. The van der Waals surface area contributed by atoms with Crippen LogP contribution in [0, 0.1) is 0 Å². The Balaban J connectivity index is 2.06. The molecule has 22 heavy (non-hydrogen) atoms. The van der Waals surface area contributed by atoms with E-state index in [4.69, 9.17) is 19.9 Å². The van der Waals surface area contributed by atoms with Crippen molar-refractivity contribution in [3.63, 3.8) is 0 Å². The monoisotopic (exact) mass is 299 g/mol. The lowest BCUT2D eigenvalue weighted by Gasteiger charge is -2.33. The zero-order valence-electron chi connectivity index (χ0n) is 12.9. The Labute approximate surface area is 130 Å². The highest BCUT2D eigenvalue weighted by Crippen LogP contribution is 2.44. The number of hydrogen-bond donors (Lipinski definition) is 1. The summed E-state index contributed by atoms with van der Waals surface area (Å²) in [4.78, 5) is 0. The number of benzene rings is 2. The Kier molecular flexibility index (Phi) is 4.32. The van der Waals surface area contributed by atoms with E-state index in [1.54, 1.807) is 14.2 Å². The van der Waals surface area contributed by atoms with Gasteiger partial charge in [-0.25, -0.2) is 0 Å².